The van der Waals surface area contributed by atoms with Crippen molar-refractivity contribution >= 4 is 47.4 Å². The topological polar surface area (TPSA) is 44.9 Å². The Morgan fingerprint density at radius 1 is 1.12 bits per heavy atom. The van der Waals surface area contributed by atoms with Crippen LogP contribution >= 0.6 is 35.7 Å². The number of nitrogens with two attached hydrogens (primary N) is 1. The van der Waals surface area contributed by atoms with Crippen molar-refractivity contribution in [2.45, 2.75) is 26.3 Å². The molecule has 24 heavy (non-hydrogen) atoms. The standard InChI is InChI=1S/C18H28N4S.HI/c1-15-6-8-21(9-7-15)17-4-2-16(3-5-17)14-20-18(19)22-10-12-23-13-11-22;/h2-5,15H,6-14H2,1H3,(H2,19,20);1H. The Hall–Kier alpha value is -0.630. The molecule has 3 rings (SSSR count). The van der Waals surface area contributed by atoms with Crippen molar-refractivity contribution in [3.8, 4) is 0 Å². The highest BCUT2D eigenvalue weighted by molar-refractivity contribution is 14.0. The van der Waals surface area contributed by atoms with Crippen LogP contribution in [-0.2, 0) is 6.54 Å². The quantitative estimate of drug-likeness (QED) is 0.427. The van der Waals surface area contributed by atoms with Gasteiger partial charge in [0.1, 0.15) is 0 Å². The number of benzene rings is 1. The normalized spacial score (nSPS) is 20.0. The van der Waals surface area contributed by atoms with Crippen LogP contribution in [0.1, 0.15) is 25.3 Å². The lowest BCUT2D eigenvalue weighted by atomic mass is 9.99. The van der Waals surface area contributed by atoms with Gasteiger partial charge in [-0.25, -0.2) is 4.99 Å². The summed E-state index contributed by atoms with van der Waals surface area (Å²) in [4.78, 5) is 9.25. The van der Waals surface area contributed by atoms with E-state index in [4.69, 9.17) is 5.73 Å². The molecule has 2 saturated heterocycles. The lowest BCUT2D eigenvalue weighted by molar-refractivity contribution is 0.438. The van der Waals surface area contributed by atoms with Crippen molar-refractivity contribution in [2.75, 3.05) is 42.6 Å². The lowest BCUT2D eigenvalue weighted by Gasteiger charge is -2.32. The average molecular weight is 460 g/mol. The van der Waals surface area contributed by atoms with E-state index in [2.05, 4.69) is 46.0 Å². The van der Waals surface area contributed by atoms with Crippen LogP contribution in [0.4, 0.5) is 5.69 Å². The lowest BCUT2D eigenvalue weighted by Crippen LogP contribution is -2.42. The SMILES string of the molecule is CC1CCN(c2ccc(CN=C(N)N3CCSCC3)cc2)CC1.I. The van der Waals surface area contributed by atoms with Gasteiger partial charge in [0.2, 0.25) is 0 Å². The van der Waals surface area contributed by atoms with Gasteiger partial charge < -0.3 is 15.5 Å². The fraction of sp³-hybridized carbons (Fsp3) is 0.611. The van der Waals surface area contributed by atoms with E-state index in [0.29, 0.717) is 12.5 Å². The molecule has 0 saturated carbocycles. The van der Waals surface area contributed by atoms with Crippen LogP contribution in [0.25, 0.3) is 0 Å². The molecule has 134 valence electrons. The third kappa shape index (κ3) is 5.44. The third-order valence-corrected chi connectivity index (χ3v) is 5.79. The van der Waals surface area contributed by atoms with E-state index in [-0.39, 0.29) is 24.0 Å². The van der Waals surface area contributed by atoms with Crippen LogP contribution in [0.15, 0.2) is 29.3 Å². The average Bonchev–Trinajstić information content (AvgIpc) is 2.61. The number of guanidine groups is 1. The molecule has 4 nitrogen and oxygen atoms in total. The number of halogens is 1. The summed E-state index contributed by atoms with van der Waals surface area (Å²) >= 11 is 1.99. The molecule has 0 aliphatic carbocycles. The second kappa shape index (κ2) is 9.75. The summed E-state index contributed by atoms with van der Waals surface area (Å²) in [6.07, 6.45) is 2.60. The molecule has 0 unspecified atom stereocenters. The van der Waals surface area contributed by atoms with Gasteiger partial charge in [0.05, 0.1) is 6.54 Å². The number of hydrogen-bond donors (Lipinski definition) is 1. The Morgan fingerprint density at radius 3 is 2.38 bits per heavy atom. The van der Waals surface area contributed by atoms with Crippen molar-refractivity contribution in [3.05, 3.63) is 29.8 Å². The highest BCUT2D eigenvalue weighted by Gasteiger charge is 2.16. The van der Waals surface area contributed by atoms with Crippen LogP contribution in [0.2, 0.25) is 0 Å². The van der Waals surface area contributed by atoms with Gasteiger partial charge in [-0.2, -0.15) is 11.8 Å². The smallest absolute Gasteiger partial charge is 0.191 e. The van der Waals surface area contributed by atoms with Crippen molar-refractivity contribution in [3.63, 3.8) is 0 Å². The highest BCUT2D eigenvalue weighted by Crippen LogP contribution is 2.23. The van der Waals surface area contributed by atoms with Crippen LogP contribution < -0.4 is 10.6 Å². The third-order valence-electron chi connectivity index (χ3n) is 4.84. The zero-order valence-electron chi connectivity index (χ0n) is 14.5. The van der Waals surface area contributed by atoms with Crippen molar-refractivity contribution in [1.29, 1.82) is 0 Å². The molecule has 0 bridgehead atoms. The molecule has 0 spiro atoms. The first-order valence-electron chi connectivity index (χ1n) is 8.69. The van der Waals surface area contributed by atoms with E-state index in [0.717, 1.165) is 30.5 Å². The summed E-state index contributed by atoms with van der Waals surface area (Å²) in [6, 6.07) is 8.84. The molecule has 2 aliphatic rings. The zero-order valence-corrected chi connectivity index (χ0v) is 17.6. The molecule has 0 amide bonds. The van der Waals surface area contributed by atoms with E-state index >= 15 is 0 Å². The van der Waals surface area contributed by atoms with Crippen molar-refractivity contribution in [1.82, 2.24) is 4.90 Å². The van der Waals surface area contributed by atoms with Gasteiger partial charge in [0.25, 0.3) is 0 Å². The number of aliphatic imine (C=N–C) groups is 1. The van der Waals surface area contributed by atoms with Crippen molar-refractivity contribution < 1.29 is 0 Å². The van der Waals surface area contributed by atoms with E-state index in [9.17, 15) is 0 Å². The van der Waals surface area contributed by atoms with Crippen LogP contribution in [0, 0.1) is 5.92 Å². The molecule has 6 heteroatoms. The molecular weight excluding hydrogens is 431 g/mol. The van der Waals surface area contributed by atoms with Crippen LogP contribution in [0.5, 0.6) is 0 Å². The monoisotopic (exact) mass is 460 g/mol. The highest BCUT2D eigenvalue weighted by atomic mass is 127. The molecule has 2 fully saturated rings. The number of nitrogens with zero attached hydrogens (tertiary/aromatic N) is 3. The molecule has 2 N–H and O–H groups in total. The maximum Gasteiger partial charge on any atom is 0.191 e. The number of thioether (sulfide) groups is 1. The maximum absolute atomic E-state index is 6.11. The second-order valence-corrected chi connectivity index (χ2v) is 7.83. The van der Waals surface area contributed by atoms with Gasteiger partial charge in [-0.3, -0.25) is 0 Å². The van der Waals surface area contributed by atoms with E-state index in [1.54, 1.807) is 0 Å². The Labute approximate surface area is 167 Å². The summed E-state index contributed by atoms with van der Waals surface area (Å²) in [5, 5.41) is 0. The molecular formula is C18H29IN4S. The minimum absolute atomic E-state index is 0. The first-order valence-corrected chi connectivity index (χ1v) is 9.84. The molecule has 0 atom stereocenters. The van der Waals surface area contributed by atoms with Crippen molar-refractivity contribution in [2.24, 2.45) is 16.6 Å². The van der Waals surface area contributed by atoms with Gasteiger partial charge in [0.15, 0.2) is 5.96 Å². The minimum atomic E-state index is 0. The maximum atomic E-state index is 6.11. The van der Waals surface area contributed by atoms with Gasteiger partial charge >= 0.3 is 0 Å². The number of rotatable bonds is 3. The number of hydrogen-bond acceptors (Lipinski definition) is 3. The fourth-order valence-electron chi connectivity index (χ4n) is 3.14. The predicted octanol–water partition coefficient (Wildman–Crippen LogP) is 3.40. The second-order valence-electron chi connectivity index (χ2n) is 6.61. The Kier molecular flexibility index (Phi) is 8.00. The summed E-state index contributed by atoms with van der Waals surface area (Å²) < 4.78 is 0. The number of anilines is 1. The van der Waals surface area contributed by atoms with Gasteiger partial charge in [-0.1, -0.05) is 19.1 Å². The largest absolute Gasteiger partial charge is 0.372 e. The Balaban J connectivity index is 0.00000208. The van der Waals surface area contributed by atoms with Crippen LogP contribution in [0.3, 0.4) is 0 Å². The van der Waals surface area contributed by atoms with E-state index in [1.807, 2.05) is 11.8 Å². The molecule has 0 radical (unpaired) electrons. The molecule has 2 heterocycles. The predicted molar refractivity (Wildman–Crippen MR) is 117 cm³/mol. The summed E-state index contributed by atoms with van der Waals surface area (Å²) in [6.45, 7) is 7.42. The molecule has 1 aromatic rings. The molecule has 1 aromatic carbocycles. The summed E-state index contributed by atoms with van der Waals surface area (Å²) in [7, 11) is 0. The first-order chi connectivity index (χ1) is 11.2. The van der Waals surface area contributed by atoms with Gasteiger partial charge in [-0.05, 0) is 36.5 Å². The number of piperidine rings is 1. The van der Waals surface area contributed by atoms with Crippen LogP contribution in [-0.4, -0.2) is 48.5 Å². The van der Waals surface area contributed by atoms with Gasteiger partial charge in [-0.15, -0.1) is 24.0 Å². The fourth-order valence-corrected chi connectivity index (χ4v) is 4.05. The first kappa shape index (κ1) is 19.7. The summed E-state index contributed by atoms with van der Waals surface area (Å²) in [5.41, 5.74) is 8.68. The Morgan fingerprint density at radius 2 is 1.75 bits per heavy atom. The zero-order chi connectivity index (χ0) is 16.1. The van der Waals surface area contributed by atoms with Gasteiger partial charge in [0, 0.05) is 43.4 Å². The molecule has 0 aromatic heterocycles. The van der Waals surface area contributed by atoms with E-state index < -0.39 is 0 Å². The van der Waals surface area contributed by atoms with E-state index in [1.165, 1.54) is 37.2 Å². The Bertz CT molecular complexity index is 520. The molecule has 2 aliphatic heterocycles. The summed E-state index contributed by atoms with van der Waals surface area (Å²) in [5.74, 6) is 3.87. The minimum Gasteiger partial charge on any atom is -0.372 e.